The van der Waals surface area contributed by atoms with E-state index in [1.54, 1.807) is 18.4 Å². The average molecular weight is 354 g/mol. The Labute approximate surface area is 152 Å². The molecule has 3 aromatic rings. The van der Waals surface area contributed by atoms with Crippen molar-refractivity contribution >= 4 is 17.0 Å². The molecule has 2 aromatic carbocycles. The fourth-order valence-corrected chi connectivity index (χ4v) is 3.60. The summed E-state index contributed by atoms with van der Waals surface area (Å²) >= 11 is 1.65. The summed E-state index contributed by atoms with van der Waals surface area (Å²) < 4.78 is 12.9. The second-order valence-corrected chi connectivity index (χ2v) is 6.25. The first-order chi connectivity index (χ1) is 12.2. The van der Waals surface area contributed by atoms with Crippen LogP contribution in [0.2, 0.25) is 0 Å². The van der Waals surface area contributed by atoms with Crippen LogP contribution in [0.4, 0.5) is 5.69 Å². The Morgan fingerprint density at radius 2 is 1.64 bits per heavy atom. The standard InChI is InChI=1S/C20H22N2O2S/c1-4-22-19(15-6-10-17(23-3)11-7-15)14-25-20(22)21-16-8-12-18(13-9-16)24-5-2/h6-14H,4-5H2,1-3H3. The van der Waals surface area contributed by atoms with Gasteiger partial charge in [-0.25, -0.2) is 4.99 Å². The molecule has 1 heterocycles. The molecule has 0 saturated heterocycles. The van der Waals surface area contributed by atoms with E-state index in [-0.39, 0.29) is 0 Å². The smallest absolute Gasteiger partial charge is 0.190 e. The molecule has 0 amide bonds. The van der Waals surface area contributed by atoms with Crippen LogP contribution in [-0.2, 0) is 6.54 Å². The van der Waals surface area contributed by atoms with Crippen LogP contribution in [0.5, 0.6) is 11.5 Å². The summed E-state index contributed by atoms with van der Waals surface area (Å²) in [6.45, 7) is 5.65. The molecule has 5 heteroatoms. The topological polar surface area (TPSA) is 35.8 Å². The summed E-state index contributed by atoms with van der Waals surface area (Å²) in [5.74, 6) is 1.73. The zero-order chi connectivity index (χ0) is 17.6. The maximum Gasteiger partial charge on any atom is 0.190 e. The van der Waals surface area contributed by atoms with Crippen molar-refractivity contribution in [1.82, 2.24) is 4.57 Å². The van der Waals surface area contributed by atoms with Crippen molar-refractivity contribution in [2.75, 3.05) is 13.7 Å². The number of nitrogens with zero attached hydrogens (tertiary/aromatic N) is 2. The van der Waals surface area contributed by atoms with Gasteiger partial charge in [-0.15, -0.1) is 11.3 Å². The molecule has 0 bridgehead atoms. The molecule has 4 nitrogen and oxygen atoms in total. The van der Waals surface area contributed by atoms with Crippen LogP contribution in [0, 0.1) is 0 Å². The van der Waals surface area contributed by atoms with Gasteiger partial charge in [0.15, 0.2) is 4.80 Å². The first kappa shape index (κ1) is 17.3. The Bertz CT molecular complexity index is 877. The number of benzene rings is 2. The van der Waals surface area contributed by atoms with Crippen molar-refractivity contribution in [1.29, 1.82) is 0 Å². The zero-order valence-electron chi connectivity index (χ0n) is 14.7. The first-order valence-corrected chi connectivity index (χ1v) is 9.23. The third-order valence-electron chi connectivity index (χ3n) is 3.87. The Hall–Kier alpha value is -2.53. The molecule has 0 fully saturated rings. The summed E-state index contributed by atoms with van der Waals surface area (Å²) in [6, 6.07) is 16.0. The highest BCUT2D eigenvalue weighted by atomic mass is 32.1. The predicted molar refractivity (Wildman–Crippen MR) is 103 cm³/mol. The Kier molecular flexibility index (Phi) is 5.56. The van der Waals surface area contributed by atoms with Gasteiger partial charge in [-0.2, -0.15) is 0 Å². The van der Waals surface area contributed by atoms with Crippen molar-refractivity contribution in [2.45, 2.75) is 20.4 Å². The predicted octanol–water partition coefficient (Wildman–Crippen LogP) is 4.88. The van der Waals surface area contributed by atoms with E-state index in [9.17, 15) is 0 Å². The molecule has 1 aromatic heterocycles. The van der Waals surface area contributed by atoms with Gasteiger partial charge in [-0.05, 0) is 67.9 Å². The second kappa shape index (κ2) is 8.03. The number of hydrogen-bond acceptors (Lipinski definition) is 4. The summed E-state index contributed by atoms with van der Waals surface area (Å²) in [7, 11) is 1.68. The Morgan fingerprint density at radius 1 is 0.960 bits per heavy atom. The molecule has 130 valence electrons. The van der Waals surface area contributed by atoms with Crippen molar-refractivity contribution in [3.63, 3.8) is 0 Å². The summed E-state index contributed by atoms with van der Waals surface area (Å²) in [6.07, 6.45) is 0. The lowest BCUT2D eigenvalue weighted by Gasteiger charge is -2.07. The molecule has 0 unspecified atom stereocenters. The molecule has 0 saturated carbocycles. The largest absolute Gasteiger partial charge is 0.497 e. The minimum absolute atomic E-state index is 0.669. The van der Waals surface area contributed by atoms with Crippen molar-refractivity contribution < 1.29 is 9.47 Å². The number of thiazole rings is 1. The summed E-state index contributed by atoms with van der Waals surface area (Å²) in [5.41, 5.74) is 3.25. The molecule has 25 heavy (non-hydrogen) atoms. The lowest BCUT2D eigenvalue weighted by molar-refractivity contribution is 0.340. The third-order valence-corrected chi connectivity index (χ3v) is 4.74. The minimum atomic E-state index is 0.669. The number of methoxy groups -OCH3 is 1. The molecular formula is C20H22N2O2S. The highest BCUT2D eigenvalue weighted by Crippen LogP contribution is 2.24. The number of hydrogen-bond donors (Lipinski definition) is 0. The Balaban J connectivity index is 1.95. The Morgan fingerprint density at radius 3 is 2.24 bits per heavy atom. The van der Waals surface area contributed by atoms with Gasteiger partial charge in [-0.1, -0.05) is 0 Å². The lowest BCUT2D eigenvalue weighted by Crippen LogP contribution is -2.14. The quantitative estimate of drug-likeness (QED) is 0.633. The van der Waals surface area contributed by atoms with Crippen LogP contribution in [0.1, 0.15) is 13.8 Å². The normalized spacial score (nSPS) is 11.6. The van der Waals surface area contributed by atoms with Gasteiger partial charge in [-0.3, -0.25) is 0 Å². The maximum absolute atomic E-state index is 5.48. The third kappa shape index (κ3) is 3.94. The monoisotopic (exact) mass is 354 g/mol. The van der Waals surface area contributed by atoms with Gasteiger partial charge in [0, 0.05) is 11.9 Å². The van der Waals surface area contributed by atoms with Gasteiger partial charge < -0.3 is 14.0 Å². The fraction of sp³-hybridized carbons (Fsp3) is 0.250. The van der Waals surface area contributed by atoms with Crippen LogP contribution >= 0.6 is 11.3 Å². The molecule has 0 spiro atoms. The molecule has 0 aliphatic carbocycles. The molecule has 3 rings (SSSR count). The van der Waals surface area contributed by atoms with Crippen LogP contribution in [0.15, 0.2) is 58.9 Å². The molecule has 0 N–H and O–H groups in total. The van der Waals surface area contributed by atoms with E-state index in [4.69, 9.17) is 14.5 Å². The highest BCUT2D eigenvalue weighted by Gasteiger charge is 2.07. The van der Waals surface area contributed by atoms with Gasteiger partial charge in [0.1, 0.15) is 11.5 Å². The minimum Gasteiger partial charge on any atom is -0.497 e. The fourth-order valence-electron chi connectivity index (χ4n) is 2.61. The average Bonchev–Trinajstić information content (AvgIpc) is 3.06. The van der Waals surface area contributed by atoms with E-state index in [0.717, 1.165) is 34.1 Å². The van der Waals surface area contributed by atoms with E-state index in [0.29, 0.717) is 6.61 Å². The number of rotatable bonds is 6. The van der Waals surface area contributed by atoms with Crippen LogP contribution < -0.4 is 14.3 Å². The summed E-state index contributed by atoms with van der Waals surface area (Å²) in [4.78, 5) is 5.78. The maximum atomic E-state index is 5.48. The zero-order valence-corrected chi connectivity index (χ0v) is 15.5. The van der Waals surface area contributed by atoms with Crippen molar-refractivity contribution in [2.24, 2.45) is 4.99 Å². The SMILES string of the molecule is CCOc1ccc(N=c2scc(-c3ccc(OC)cc3)n2CC)cc1. The molecule has 0 radical (unpaired) electrons. The lowest BCUT2D eigenvalue weighted by atomic mass is 10.1. The molecular weight excluding hydrogens is 332 g/mol. The molecule has 0 atom stereocenters. The molecule has 0 aliphatic heterocycles. The summed E-state index contributed by atoms with van der Waals surface area (Å²) in [5, 5.41) is 2.15. The second-order valence-electron chi connectivity index (χ2n) is 5.41. The van der Waals surface area contributed by atoms with Gasteiger partial charge >= 0.3 is 0 Å². The number of ether oxygens (including phenoxy) is 2. The van der Waals surface area contributed by atoms with E-state index < -0.39 is 0 Å². The van der Waals surface area contributed by atoms with Gasteiger partial charge in [0.05, 0.1) is 25.1 Å². The van der Waals surface area contributed by atoms with E-state index in [2.05, 4.69) is 29.0 Å². The van der Waals surface area contributed by atoms with E-state index >= 15 is 0 Å². The van der Waals surface area contributed by atoms with Crippen LogP contribution in [-0.4, -0.2) is 18.3 Å². The van der Waals surface area contributed by atoms with Gasteiger partial charge in [0.25, 0.3) is 0 Å². The van der Waals surface area contributed by atoms with Gasteiger partial charge in [0.2, 0.25) is 0 Å². The van der Waals surface area contributed by atoms with Crippen molar-refractivity contribution in [3.8, 4) is 22.8 Å². The van der Waals surface area contributed by atoms with Crippen LogP contribution in [0.25, 0.3) is 11.3 Å². The molecule has 0 aliphatic rings. The van der Waals surface area contributed by atoms with Crippen molar-refractivity contribution in [3.05, 3.63) is 58.7 Å². The number of aromatic nitrogens is 1. The van der Waals surface area contributed by atoms with E-state index in [1.807, 2.05) is 43.3 Å². The van der Waals surface area contributed by atoms with Crippen LogP contribution in [0.3, 0.4) is 0 Å². The van der Waals surface area contributed by atoms with E-state index in [1.165, 1.54) is 5.69 Å². The first-order valence-electron chi connectivity index (χ1n) is 8.35. The highest BCUT2D eigenvalue weighted by molar-refractivity contribution is 7.07.